The van der Waals surface area contributed by atoms with Crippen LogP contribution < -0.4 is 0 Å². The number of nitrogens with zero attached hydrogens (tertiary/aromatic N) is 3. The van der Waals surface area contributed by atoms with Crippen LogP contribution in [0.3, 0.4) is 0 Å². The summed E-state index contributed by atoms with van der Waals surface area (Å²) in [5.74, 6) is -0.962. The third kappa shape index (κ3) is 3.98. The minimum Gasteiger partial charge on any atom is -0.459 e. The van der Waals surface area contributed by atoms with Gasteiger partial charge in [0.2, 0.25) is 5.91 Å². The molecule has 3 aromatic rings. The second kappa shape index (κ2) is 7.81. The molecule has 0 radical (unpaired) electrons. The molecule has 1 aliphatic heterocycles. The van der Waals surface area contributed by atoms with Gasteiger partial charge in [0, 0.05) is 36.9 Å². The van der Waals surface area contributed by atoms with E-state index in [4.69, 9.17) is 27.9 Å². The molecule has 8 heteroatoms. The molecular formula is C20H17Cl2N3O3. The molecule has 1 atom stereocenters. The van der Waals surface area contributed by atoms with Crippen LogP contribution in [0.5, 0.6) is 0 Å². The molecule has 144 valence electrons. The highest BCUT2D eigenvalue weighted by atomic mass is 35.5. The zero-order valence-corrected chi connectivity index (χ0v) is 16.4. The second-order valence-corrected chi connectivity index (χ2v) is 7.56. The summed E-state index contributed by atoms with van der Waals surface area (Å²) in [7, 11) is 0. The largest absolute Gasteiger partial charge is 0.459 e. The minimum atomic E-state index is -0.485. The lowest BCUT2D eigenvalue weighted by Gasteiger charge is -2.17. The Bertz CT molecular complexity index is 1050. The lowest BCUT2D eigenvalue weighted by molar-refractivity contribution is -0.149. The van der Waals surface area contributed by atoms with E-state index in [1.54, 1.807) is 39.9 Å². The Labute approximate surface area is 171 Å². The average Bonchev–Trinajstić information content (AvgIpc) is 3.24. The van der Waals surface area contributed by atoms with E-state index in [2.05, 4.69) is 4.98 Å². The van der Waals surface area contributed by atoms with E-state index < -0.39 is 11.9 Å². The molecule has 2 aromatic heterocycles. The van der Waals surface area contributed by atoms with Crippen LogP contribution in [0.2, 0.25) is 10.0 Å². The second-order valence-electron chi connectivity index (χ2n) is 6.72. The fourth-order valence-electron chi connectivity index (χ4n) is 3.26. The van der Waals surface area contributed by atoms with Crippen molar-refractivity contribution in [3.05, 3.63) is 70.1 Å². The Kier molecular flexibility index (Phi) is 5.24. The van der Waals surface area contributed by atoms with Crippen molar-refractivity contribution in [3.63, 3.8) is 0 Å². The highest BCUT2D eigenvalue weighted by Crippen LogP contribution is 2.24. The Morgan fingerprint density at radius 1 is 1.18 bits per heavy atom. The van der Waals surface area contributed by atoms with E-state index >= 15 is 0 Å². The molecule has 28 heavy (non-hydrogen) atoms. The predicted octanol–water partition coefficient (Wildman–Crippen LogP) is 3.73. The first kappa shape index (κ1) is 18.8. The summed E-state index contributed by atoms with van der Waals surface area (Å²) in [6, 6.07) is 10.9. The molecule has 1 amide bonds. The summed E-state index contributed by atoms with van der Waals surface area (Å²) in [6.45, 7) is 0.756. The number of hydrogen-bond acceptors (Lipinski definition) is 4. The molecule has 1 saturated heterocycles. The van der Waals surface area contributed by atoms with Crippen LogP contribution in [0.1, 0.15) is 17.7 Å². The third-order valence-electron chi connectivity index (χ3n) is 4.69. The number of pyridine rings is 1. The summed E-state index contributed by atoms with van der Waals surface area (Å²) in [6.07, 6.45) is 3.64. The van der Waals surface area contributed by atoms with Gasteiger partial charge in [0.15, 0.2) is 0 Å². The van der Waals surface area contributed by atoms with Crippen molar-refractivity contribution >= 4 is 40.7 Å². The molecule has 0 spiro atoms. The standard InChI is InChI=1S/C20H17Cl2N3O3/c21-15-5-6-18-23-16(11-24(18)10-15)12-28-20(27)14-7-19(26)25(9-14)8-13-3-1-2-4-17(13)22/h1-6,10-11,14H,7-9,12H2. The molecule has 0 N–H and O–H groups in total. The van der Waals surface area contributed by atoms with Gasteiger partial charge in [-0.3, -0.25) is 9.59 Å². The molecule has 0 bridgehead atoms. The fourth-order valence-corrected chi connectivity index (χ4v) is 3.63. The Hall–Kier alpha value is -2.57. The molecular weight excluding hydrogens is 401 g/mol. The van der Waals surface area contributed by atoms with Crippen LogP contribution in [0.25, 0.3) is 5.65 Å². The Balaban J connectivity index is 1.36. The van der Waals surface area contributed by atoms with Crippen LogP contribution >= 0.6 is 23.2 Å². The number of benzene rings is 1. The SMILES string of the molecule is O=C(OCc1cn2cc(Cl)ccc2n1)C1CC(=O)N(Cc2ccccc2Cl)C1. The lowest BCUT2D eigenvalue weighted by Crippen LogP contribution is -2.26. The van der Waals surface area contributed by atoms with Gasteiger partial charge in [-0.05, 0) is 23.8 Å². The van der Waals surface area contributed by atoms with Gasteiger partial charge in [-0.1, -0.05) is 41.4 Å². The Morgan fingerprint density at radius 3 is 2.82 bits per heavy atom. The van der Waals surface area contributed by atoms with Gasteiger partial charge in [-0.15, -0.1) is 0 Å². The number of carbonyl (C=O) groups is 2. The highest BCUT2D eigenvalue weighted by molar-refractivity contribution is 6.31. The molecule has 0 aliphatic carbocycles. The Morgan fingerprint density at radius 2 is 2.00 bits per heavy atom. The molecule has 0 saturated carbocycles. The number of carbonyl (C=O) groups excluding carboxylic acids is 2. The first-order chi connectivity index (χ1) is 13.5. The minimum absolute atomic E-state index is 0.0489. The quantitative estimate of drug-likeness (QED) is 0.593. The number of amides is 1. The van der Waals surface area contributed by atoms with Crippen molar-refractivity contribution < 1.29 is 14.3 Å². The molecule has 4 rings (SSSR count). The predicted molar refractivity (Wildman–Crippen MR) is 105 cm³/mol. The van der Waals surface area contributed by atoms with Crippen LogP contribution in [-0.2, 0) is 27.5 Å². The maximum Gasteiger partial charge on any atom is 0.311 e. The fraction of sp³-hybridized carbons (Fsp3) is 0.250. The summed E-state index contributed by atoms with van der Waals surface area (Å²) >= 11 is 12.1. The normalized spacial score (nSPS) is 16.7. The highest BCUT2D eigenvalue weighted by Gasteiger charge is 2.35. The zero-order chi connectivity index (χ0) is 19.7. The molecule has 1 aliphatic rings. The first-order valence-electron chi connectivity index (χ1n) is 8.80. The van der Waals surface area contributed by atoms with Gasteiger partial charge in [-0.25, -0.2) is 4.98 Å². The van der Waals surface area contributed by atoms with Crippen LogP contribution in [0.15, 0.2) is 48.8 Å². The van der Waals surface area contributed by atoms with E-state index in [9.17, 15) is 9.59 Å². The van der Waals surface area contributed by atoms with Gasteiger partial charge in [0.1, 0.15) is 12.3 Å². The number of aromatic nitrogens is 2. The van der Waals surface area contributed by atoms with E-state index in [0.29, 0.717) is 28.8 Å². The monoisotopic (exact) mass is 417 g/mol. The van der Waals surface area contributed by atoms with Gasteiger partial charge in [-0.2, -0.15) is 0 Å². The van der Waals surface area contributed by atoms with E-state index in [1.165, 1.54) is 0 Å². The van der Waals surface area contributed by atoms with Crippen LogP contribution in [0.4, 0.5) is 0 Å². The molecule has 1 aromatic carbocycles. The zero-order valence-electron chi connectivity index (χ0n) is 14.8. The van der Waals surface area contributed by atoms with E-state index in [-0.39, 0.29) is 18.9 Å². The maximum absolute atomic E-state index is 12.4. The summed E-state index contributed by atoms with van der Waals surface area (Å²) in [5.41, 5.74) is 2.19. The number of hydrogen-bond donors (Lipinski definition) is 0. The number of ether oxygens (including phenoxy) is 1. The third-order valence-corrected chi connectivity index (χ3v) is 5.29. The van der Waals surface area contributed by atoms with Gasteiger partial charge in [0.25, 0.3) is 0 Å². The molecule has 3 heterocycles. The van der Waals surface area contributed by atoms with Crippen molar-refractivity contribution in [1.29, 1.82) is 0 Å². The molecule has 6 nitrogen and oxygen atoms in total. The maximum atomic E-state index is 12.4. The van der Waals surface area contributed by atoms with Crippen molar-refractivity contribution in [2.45, 2.75) is 19.6 Å². The first-order valence-corrected chi connectivity index (χ1v) is 9.56. The number of halogens is 2. The number of esters is 1. The smallest absolute Gasteiger partial charge is 0.311 e. The van der Waals surface area contributed by atoms with Crippen molar-refractivity contribution in [2.24, 2.45) is 5.92 Å². The topological polar surface area (TPSA) is 63.9 Å². The van der Waals surface area contributed by atoms with Gasteiger partial charge < -0.3 is 14.0 Å². The van der Waals surface area contributed by atoms with Crippen LogP contribution in [0, 0.1) is 5.92 Å². The lowest BCUT2D eigenvalue weighted by atomic mass is 10.1. The molecule has 1 fully saturated rings. The van der Waals surface area contributed by atoms with Gasteiger partial charge >= 0.3 is 5.97 Å². The molecule has 1 unspecified atom stereocenters. The number of fused-ring (bicyclic) bond motifs is 1. The summed E-state index contributed by atoms with van der Waals surface area (Å²) < 4.78 is 7.16. The van der Waals surface area contributed by atoms with Gasteiger partial charge in [0.05, 0.1) is 16.6 Å². The van der Waals surface area contributed by atoms with Crippen molar-refractivity contribution in [3.8, 4) is 0 Å². The van der Waals surface area contributed by atoms with E-state index in [0.717, 1.165) is 11.2 Å². The number of imidazole rings is 1. The average molecular weight is 418 g/mol. The summed E-state index contributed by atoms with van der Waals surface area (Å²) in [5, 5.41) is 1.20. The number of likely N-dealkylation sites (tertiary alicyclic amines) is 1. The van der Waals surface area contributed by atoms with E-state index in [1.807, 2.05) is 18.2 Å². The van der Waals surface area contributed by atoms with Crippen molar-refractivity contribution in [1.82, 2.24) is 14.3 Å². The number of rotatable bonds is 5. The van der Waals surface area contributed by atoms with Crippen molar-refractivity contribution in [2.75, 3.05) is 6.54 Å². The summed E-state index contributed by atoms with van der Waals surface area (Å²) in [4.78, 5) is 30.7. The van der Waals surface area contributed by atoms with Crippen LogP contribution in [-0.4, -0.2) is 32.7 Å².